The zero-order valence-corrected chi connectivity index (χ0v) is 18.1. The molecule has 0 unspecified atom stereocenters. The molecule has 0 saturated carbocycles. The van der Waals surface area contributed by atoms with Gasteiger partial charge in [0.2, 0.25) is 5.91 Å². The molecule has 2 aromatic carbocycles. The van der Waals surface area contributed by atoms with E-state index in [1.807, 2.05) is 6.07 Å². The Morgan fingerprint density at radius 1 is 1.03 bits per heavy atom. The molecule has 0 aliphatic carbocycles. The highest BCUT2D eigenvalue weighted by Crippen LogP contribution is 2.32. The second-order valence-electron chi connectivity index (χ2n) is 7.13. The minimum atomic E-state index is -0.722. The molecule has 0 radical (unpaired) electrons. The van der Waals surface area contributed by atoms with Gasteiger partial charge in [0.25, 0.3) is 0 Å². The largest absolute Gasteiger partial charge is 0.404 e. The van der Waals surface area contributed by atoms with Crippen molar-refractivity contribution in [1.29, 1.82) is 0 Å². The van der Waals surface area contributed by atoms with Crippen LogP contribution in [0.5, 0.6) is 0 Å². The van der Waals surface area contributed by atoms with Crippen molar-refractivity contribution in [3.05, 3.63) is 95.6 Å². The zero-order valence-electron chi connectivity index (χ0n) is 18.1. The van der Waals surface area contributed by atoms with E-state index in [1.54, 1.807) is 43.7 Å². The normalized spacial score (nSPS) is 12.2. The van der Waals surface area contributed by atoms with Gasteiger partial charge in [-0.25, -0.2) is 8.78 Å². The van der Waals surface area contributed by atoms with Crippen molar-refractivity contribution in [1.82, 2.24) is 4.98 Å². The number of anilines is 1. The molecule has 1 amide bonds. The van der Waals surface area contributed by atoms with Crippen LogP contribution in [0.4, 0.5) is 14.5 Å². The Balaban J connectivity index is 2.10. The lowest BCUT2D eigenvalue weighted by molar-refractivity contribution is -0.114. The van der Waals surface area contributed by atoms with Crippen LogP contribution in [0, 0.1) is 11.6 Å². The molecule has 0 saturated heterocycles. The van der Waals surface area contributed by atoms with E-state index in [9.17, 15) is 13.6 Å². The SMILES string of the molecule is CN=CC(=CN)c1ccc(C(=CN)c2cc(NC(C)=O)cc(-c3ccc(F)cc3F)c2)nc1. The third-order valence-electron chi connectivity index (χ3n) is 4.79. The first kappa shape index (κ1) is 23.3. The first-order valence-electron chi connectivity index (χ1n) is 9.97. The number of carbonyl (C=O) groups excluding carboxylic acids is 1. The molecule has 8 heteroatoms. The van der Waals surface area contributed by atoms with Gasteiger partial charge < -0.3 is 16.8 Å². The smallest absolute Gasteiger partial charge is 0.221 e. The van der Waals surface area contributed by atoms with E-state index in [4.69, 9.17) is 11.5 Å². The van der Waals surface area contributed by atoms with Crippen LogP contribution < -0.4 is 16.8 Å². The Kier molecular flexibility index (Phi) is 7.30. The predicted molar refractivity (Wildman–Crippen MR) is 128 cm³/mol. The molecule has 0 bridgehead atoms. The number of carbonyl (C=O) groups is 1. The van der Waals surface area contributed by atoms with Crippen LogP contribution in [0.3, 0.4) is 0 Å². The maximum absolute atomic E-state index is 14.5. The van der Waals surface area contributed by atoms with Crippen molar-refractivity contribution in [2.75, 3.05) is 12.4 Å². The van der Waals surface area contributed by atoms with Gasteiger partial charge in [0.15, 0.2) is 0 Å². The van der Waals surface area contributed by atoms with Gasteiger partial charge >= 0.3 is 0 Å². The van der Waals surface area contributed by atoms with Crippen LogP contribution in [-0.2, 0) is 4.79 Å². The summed E-state index contributed by atoms with van der Waals surface area (Å²) in [5.41, 5.74) is 15.8. The number of amides is 1. The number of benzene rings is 2. The maximum Gasteiger partial charge on any atom is 0.221 e. The second-order valence-corrected chi connectivity index (χ2v) is 7.13. The van der Waals surface area contributed by atoms with Crippen molar-refractivity contribution in [3.8, 4) is 11.1 Å². The third kappa shape index (κ3) is 5.48. The summed E-state index contributed by atoms with van der Waals surface area (Å²) in [6.07, 6.45) is 6.07. The van der Waals surface area contributed by atoms with Crippen molar-refractivity contribution in [2.24, 2.45) is 16.5 Å². The Labute approximate surface area is 190 Å². The summed E-state index contributed by atoms with van der Waals surface area (Å²) in [4.78, 5) is 20.1. The van der Waals surface area contributed by atoms with E-state index in [2.05, 4.69) is 15.3 Å². The molecule has 0 aliphatic rings. The predicted octanol–water partition coefficient (Wildman–Crippen LogP) is 4.33. The van der Waals surface area contributed by atoms with Crippen molar-refractivity contribution in [3.63, 3.8) is 0 Å². The quantitative estimate of drug-likeness (QED) is 0.489. The van der Waals surface area contributed by atoms with Crippen molar-refractivity contribution < 1.29 is 13.6 Å². The lowest BCUT2D eigenvalue weighted by Crippen LogP contribution is -2.07. The van der Waals surface area contributed by atoms with Crippen LogP contribution in [-0.4, -0.2) is 24.2 Å². The molecule has 3 rings (SSSR count). The maximum atomic E-state index is 14.5. The van der Waals surface area contributed by atoms with E-state index in [0.717, 1.165) is 11.6 Å². The van der Waals surface area contributed by atoms with Crippen LogP contribution in [0.15, 0.2) is 72.1 Å². The van der Waals surface area contributed by atoms with Gasteiger partial charge in [-0.3, -0.25) is 14.8 Å². The minimum Gasteiger partial charge on any atom is -0.404 e. The summed E-state index contributed by atoms with van der Waals surface area (Å²) in [5, 5.41) is 2.70. The number of pyridine rings is 1. The Morgan fingerprint density at radius 3 is 2.39 bits per heavy atom. The molecule has 1 aromatic heterocycles. The molecule has 33 heavy (non-hydrogen) atoms. The van der Waals surface area contributed by atoms with Gasteiger partial charge in [-0.2, -0.15) is 0 Å². The first-order chi connectivity index (χ1) is 15.9. The summed E-state index contributed by atoms with van der Waals surface area (Å²) >= 11 is 0. The number of halogens is 2. The van der Waals surface area contributed by atoms with E-state index in [0.29, 0.717) is 33.7 Å². The highest BCUT2D eigenvalue weighted by Gasteiger charge is 2.14. The molecule has 0 fully saturated rings. The Hall–Kier alpha value is -4.33. The van der Waals surface area contributed by atoms with Gasteiger partial charge in [0, 0.05) is 72.8 Å². The van der Waals surface area contributed by atoms with Crippen LogP contribution >= 0.6 is 0 Å². The number of nitrogens with two attached hydrogens (primary N) is 2. The summed E-state index contributed by atoms with van der Waals surface area (Å²) < 4.78 is 27.9. The molecular formula is C25H23F2N5O. The molecular weight excluding hydrogens is 424 g/mol. The molecule has 1 heterocycles. The summed E-state index contributed by atoms with van der Waals surface area (Å²) in [5.74, 6) is -1.70. The monoisotopic (exact) mass is 447 g/mol. The number of hydrogen-bond acceptors (Lipinski definition) is 5. The van der Waals surface area contributed by atoms with Crippen molar-refractivity contribution in [2.45, 2.75) is 6.92 Å². The highest BCUT2D eigenvalue weighted by molar-refractivity contribution is 6.09. The van der Waals surface area contributed by atoms with Crippen LogP contribution in [0.2, 0.25) is 0 Å². The van der Waals surface area contributed by atoms with Crippen LogP contribution in [0.1, 0.15) is 23.7 Å². The van der Waals surface area contributed by atoms with E-state index >= 15 is 0 Å². The molecule has 0 atom stereocenters. The topological polar surface area (TPSA) is 106 Å². The number of rotatable bonds is 6. The van der Waals surface area contributed by atoms with Crippen molar-refractivity contribution >= 4 is 29.0 Å². The number of allylic oxidation sites excluding steroid dienone is 1. The number of aliphatic imine (C=N–C) groups is 1. The molecule has 0 spiro atoms. The summed E-state index contributed by atoms with van der Waals surface area (Å²) in [6, 6.07) is 11.9. The van der Waals surface area contributed by atoms with Gasteiger partial charge in [-0.05, 0) is 47.5 Å². The summed E-state index contributed by atoms with van der Waals surface area (Å²) in [7, 11) is 1.64. The number of nitrogens with zero attached hydrogens (tertiary/aromatic N) is 2. The molecule has 0 aliphatic heterocycles. The number of hydrogen-bond donors (Lipinski definition) is 3. The number of aromatic nitrogens is 1. The van der Waals surface area contributed by atoms with Gasteiger partial charge in [-0.1, -0.05) is 6.07 Å². The van der Waals surface area contributed by atoms with Gasteiger partial charge in [-0.15, -0.1) is 0 Å². The molecule has 3 aromatic rings. The highest BCUT2D eigenvalue weighted by atomic mass is 19.1. The first-order valence-corrected chi connectivity index (χ1v) is 9.97. The fourth-order valence-corrected chi connectivity index (χ4v) is 3.34. The van der Waals surface area contributed by atoms with Gasteiger partial charge in [0.1, 0.15) is 11.6 Å². The standard InChI is InChI=1S/C25H23F2N5O/c1-15(33)32-21-8-17(22-5-4-20(26)10-24(22)27)7-18(9-21)23(12-29)25-6-3-16(14-31-25)19(11-28)13-30-2/h3-14H,28-29H2,1-2H3,(H,32,33). The molecule has 5 N–H and O–H groups in total. The van der Waals surface area contributed by atoms with E-state index in [1.165, 1.54) is 31.5 Å². The minimum absolute atomic E-state index is 0.182. The fourth-order valence-electron chi connectivity index (χ4n) is 3.34. The summed E-state index contributed by atoms with van der Waals surface area (Å²) in [6.45, 7) is 1.37. The van der Waals surface area contributed by atoms with E-state index < -0.39 is 11.6 Å². The Bertz CT molecular complexity index is 1260. The molecule has 168 valence electrons. The lowest BCUT2D eigenvalue weighted by atomic mass is 9.96. The fraction of sp³-hybridized carbons (Fsp3) is 0.0800. The molecule has 6 nitrogen and oxygen atoms in total. The lowest BCUT2D eigenvalue weighted by Gasteiger charge is -2.14. The third-order valence-corrected chi connectivity index (χ3v) is 4.79. The average molecular weight is 447 g/mol. The second kappa shape index (κ2) is 10.3. The van der Waals surface area contributed by atoms with Crippen LogP contribution in [0.25, 0.3) is 22.3 Å². The number of nitrogens with one attached hydrogen (secondary N) is 1. The van der Waals surface area contributed by atoms with E-state index in [-0.39, 0.29) is 11.5 Å². The zero-order chi connectivity index (χ0) is 24.0. The van der Waals surface area contributed by atoms with Gasteiger partial charge in [0.05, 0.1) is 5.69 Å². The average Bonchev–Trinajstić information content (AvgIpc) is 2.78. The Morgan fingerprint density at radius 2 is 1.82 bits per heavy atom.